The first-order chi connectivity index (χ1) is 17.7. The highest BCUT2D eigenvalue weighted by atomic mass is 16.5. The van der Waals surface area contributed by atoms with Gasteiger partial charge in [0.15, 0.2) is 17.4 Å². The lowest BCUT2D eigenvalue weighted by atomic mass is 10.1. The Kier molecular flexibility index (Phi) is 5.34. The number of fused-ring (bicyclic) bond motifs is 2. The molecule has 4 aromatic heterocycles. The molecule has 0 aliphatic heterocycles. The summed E-state index contributed by atoms with van der Waals surface area (Å²) < 4.78 is 13.3. The third kappa shape index (κ3) is 3.92. The predicted molar refractivity (Wildman–Crippen MR) is 138 cm³/mol. The van der Waals surface area contributed by atoms with Gasteiger partial charge in [0.2, 0.25) is 0 Å². The summed E-state index contributed by atoms with van der Waals surface area (Å²) in [5, 5.41) is 14.2. The molecule has 0 unspecified atom stereocenters. The smallest absolute Gasteiger partial charge is 0.161 e. The van der Waals surface area contributed by atoms with Gasteiger partial charge in [0.1, 0.15) is 22.7 Å². The van der Waals surface area contributed by atoms with Gasteiger partial charge < -0.3 is 19.4 Å². The first-order valence-electron chi connectivity index (χ1n) is 11.3. The summed E-state index contributed by atoms with van der Waals surface area (Å²) in [6.07, 6.45) is 6.98. The molecule has 0 spiro atoms. The van der Waals surface area contributed by atoms with Crippen molar-refractivity contribution in [1.29, 1.82) is 0 Å². The molecule has 4 heterocycles. The van der Waals surface area contributed by atoms with E-state index in [2.05, 4.69) is 30.5 Å². The van der Waals surface area contributed by atoms with E-state index in [9.17, 15) is 0 Å². The van der Waals surface area contributed by atoms with E-state index < -0.39 is 0 Å². The molecule has 0 saturated heterocycles. The second-order valence-corrected chi connectivity index (χ2v) is 8.11. The zero-order valence-corrected chi connectivity index (χ0v) is 19.6. The fourth-order valence-electron chi connectivity index (χ4n) is 4.01. The van der Waals surface area contributed by atoms with Crippen molar-refractivity contribution >= 4 is 33.3 Å². The Morgan fingerprint density at radius 3 is 2.44 bits per heavy atom. The monoisotopic (exact) mass is 475 g/mol. The summed E-state index contributed by atoms with van der Waals surface area (Å²) in [6, 6.07) is 19.3. The van der Waals surface area contributed by atoms with Crippen LogP contribution in [0.25, 0.3) is 33.3 Å². The van der Waals surface area contributed by atoms with Crippen LogP contribution in [0.3, 0.4) is 0 Å². The minimum absolute atomic E-state index is 0.616. The molecule has 0 aliphatic rings. The molecular weight excluding hydrogens is 454 g/mol. The van der Waals surface area contributed by atoms with Gasteiger partial charge in [-0.3, -0.25) is 4.98 Å². The van der Waals surface area contributed by atoms with E-state index in [0.29, 0.717) is 34.1 Å². The van der Waals surface area contributed by atoms with Gasteiger partial charge in [-0.1, -0.05) is 24.3 Å². The third-order valence-corrected chi connectivity index (χ3v) is 5.82. The van der Waals surface area contributed by atoms with Crippen LogP contribution in [0.1, 0.15) is 0 Å². The molecule has 6 rings (SSSR count). The minimum atomic E-state index is 0.616. The second-order valence-electron chi connectivity index (χ2n) is 8.11. The van der Waals surface area contributed by atoms with Crippen molar-refractivity contribution in [2.45, 2.75) is 0 Å². The summed E-state index contributed by atoms with van der Waals surface area (Å²) in [5.74, 6) is 3.36. The first-order valence-corrected chi connectivity index (χ1v) is 11.3. The number of aryl methyl sites for hydroxylation is 1. The highest BCUT2D eigenvalue weighted by molar-refractivity contribution is 6.00. The standard InChI is InChI=1S/C27H21N7O2/c1-34-14-13-29-27(34)24-20-5-3-4-6-21(20)26(33-32-24)31-17-7-9-18(10-8-17)36-23-11-12-28-22-15-19(35-2)16-30-25(22)23/h3-16H,1-2H3,(H,31,33). The maximum atomic E-state index is 6.10. The molecular formula is C27H21N7O2. The fraction of sp³-hybridized carbons (Fsp3) is 0.0741. The van der Waals surface area contributed by atoms with Gasteiger partial charge in [-0.15, -0.1) is 10.2 Å². The molecule has 0 amide bonds. The van der Waals surface area contributed by atoms with E-state index in [-0.39, 0.29) is 0 Å². The van der Waals surface area contributed by atoms with Crippen LogP contribution >= 0.6 is 0 Å². The molecule has 0 radical (unpaired) electrons. The molecule has 0 saturated carbocycles. The number of hydrogen-bond donors (Lipinski definition) is 1. The van der Waals surface area contributed by atoms with E-state index in [1.807, 2.05) is 72.4 Å². The number of methoxy groups -OCH3 is 1. The molecule has 0 aliphatic carbocycles. The van der Waals surface area contributed by atoms with Crippen molar-refractivity contribution < 1.29 is 9.47 Å². The van der Waals surface area contributed by atoms with Gasteiger partial charge in [-0.05, 0) is 24.3 Å². The Morgan fingerprint density at radius 2 is 1.67 bits per heavy atom. The van der Waals surface area contributed by atoms with Gasteiger partial charge >= 0.3 is 0 Å². The highest BCUT2D eigenvalue weighted by Crippen LogP contribution is 2.32. The molecule has 9 nitrogen and oxygen atoms in total. The fourth-order valence-corrected chi connectivity index (χ4v) is 4.01. The topological polar surface area (TPSA) is 99.9 Å². The van der Waals surface area contributed by atoms with Gasteiger partial charge in [0.05, 0.1) is 18.8 Å². The van der Waals surface area contributed by atoms with Crippen LogP contribution in [-0.4, -0.2) is 36.8 Å². The second kappa shape index (κ2) is 8.95. The predicted octanol–water partition coefficient (Wildman–Crippen LogP) is 5.52. The molecule has 0 atom stereocenters. The van der Waals surface area contributed by atoms with E-state index in [1.54, 1.807) is 31.8 Å². The summed E-state index contributed by atoms with van der Waals surface area (Å²) in [6.45, 7) is 0. The van der Waals surface area contributed by atoms with Crippen molar-refractivity contribution in [2.75, 3.05) is 12.4 Å². The summed E-state index contributed by atoms with van der Waals surface area (Å²) in [4.78, 5) is 13.2. The number of imidazole rings is 1. The van der Waals surface area contributed by atoms with E-state index in [4.69, 9.17) is 9.47 Å². The Hall–Kier alpha value is -5.05. The van der Waals surface area contributed by atoms with Crippen LogP contribution < -0.4 is 14.8 Å². The van der Waals surface area contributed by atoms with Gasteiger partial charge in [0, 0.05) is 54.2 Å². The molecule has 36 heavy (non-hydrogen) atoms. The minimum Gasteiger partial charge on any atom is -0.495 e. The van der Waals surface area contributed by atoms with Crippen molar-refractivity contribution in [1.82, 2.24) is 29.7 Å². The number of aromatic nitrogens is 6. The van der Waals surface area contributed by atoms with E-state index in [1.165, 1.54) is 0 Å². The number of benzene rings is 2. The molecule has 176 valence electrons. The van der Waals surface area contributed by atoms with Crippen LogP contribution in [0.5, 0.6) is 17.2 Å². The lowest BCUT2D eigenvalue weighted by molar-refractivity contribution is 0.413. The number of anilines is 2. The van der Waals surface area contributed by atoms with Crippen molar-refractivity contribution in [3.8, 4) is 28.8 Å². The number of nitrogens with one attached hydrogen (secondary N) is 1. The average molecular weight is 476 g/mol. The molecule has 9 heteroatoms. The SMILES string of the molecule is COc1cnc2c(Oc3ccc(Nc4nnc(-c5nccn5C)c5ccccc45)cc3)ccnc2c1. The number of ether oxygens (including phenoxy) is 2. The maximum Gasteiger partial charge on any atom is 0.161 e. The summed E-state index contributed by atoms with van der Waals surface area (Å²) in [7, 11) is 3.54. The third-order valence-electron chi connectivity index (χ3n) is 5.82. The Morgan fingerprint density at radius 1 is 0.833 bits per heavy atom. The molecule has 6 aromatic rings. The lowest BCUT2D eigenvalue weighted by Crippen LogP contribution is -2.01. The largest absolute Gasteiger partial charge is 0.495 e. The zero-order chi connectivity index (χ0) is 24.5. The summed E-state index contributed by atoms with van der Waals surface area (Å²) >= 11 is 0. The van der Waals surface area contributed by atoms with Crippen molar-refractivity contribution in [3.63, 3.8) is 0 Å². The van der Waals surface area contributed by atoms with Gasteiger partial charge in [-0.2, -0.15) is 0 Å². The number of nitrogens with zero attached hydrogens (tertiary/aromatic N) is 6. The van der Waals surface area contributed by atoms with Crippen molar-refractivity contribution in [2.24, 2.45) is 7.05 Å². The Balaban J connectivity index is 1.27. The molecule has 0 fully saturated rings. The molecule has 2 aromatic carbocycles. The van der Waals surface area contributed by atoms with E-state index >= 15 is 0 Å². The highest BCUT2D eigenvalue weighted by Gasteiger charge is 2.14. The lowest BCUT2D eigenvalue weighted by Gasteiger charge is -2.12. The van der Waals surface area contributed by atoms with Gasteiger partial charge in [0.25, 0.3) is 0 Å². The Bertz CT molecular complexity index is 1700. The number of hydrogen-bond acceptors (Lipinski definition) is 8. The Labute approximate surface area is 206 Å². The maximum absolute atomic E-state index is 6.10. The van der Waals surface area contributed by atoms with Crippen LogP contribution in [0.4, 0.5) is 11.5 Å². The van der Waals surface area contributed by atoms with Crippen LogP contribution in [0.2, 0.25) is 0 Å². The zero-order valence-electron chi connectivity index (χ0n) is 19.6. The van der Waals surface area contributed by atoms with Crippen LogP contribution in [0.15, 0.2) is 85.5 Å². The van der Waals surface area contributed by atoms with Crippen LogP contribution in [0, 0.1) is 0 Å². The van der Waals surface area contributed by atoms with Crippen LogP contribution in [-0.2, 0) is 7.05 Å². The average Bonchev–Trinajstić information content (AvgIpc) is 3.35. The number of rotatable bonds is 6. The molecule has 1 N–H and O–H groups in total. The van der Waals surface area contributed by atoms with Crippen molar-refractivity contribution in [3.05, 3.63) is 85.5 Å². The summed E-state index contributed by atoms with van der Waals surface area (Å²) in [5.41, 5.74) is 2.96. The number of pyridine rings is 2. The van der Waals surface area contributed by atoms with E-state index in [0.717, 1.165) is 28.0 Å². The quantitative estimate of drug-likeness (QED) is 0.336. The first kappa shape index (κ1) is 21.5. The molecule has 0 bridgehead atoms. The normalized spacial score (nSPS) is 11.1. The van der Waals surface area contributed by atoms with Gasteiger partial charge in [-0.25, -0.2) is 9.97 Å².